The van der Waals surface area contributed by atoms with Crippen molar-refractivity contribution in [1.29, 1.82) is 0 Å². The number of aromatic nitrogens is 1. The van der Waals surface area contributed by atoms with Crippen molar-refractivity contribution < 1.29 is 19.1 Å². The van der Waals surface area contributed by atoms with E-state index in [-0.39, 0.29) is 12.3 Å². The third kappa shape index (κ3) is 3.45. The molecule has 2 heterocycles. The zero-order valence-electron chi connectivity index (χ0n) is 11.0. The summed E-state index contributed by atoms with van der Waals surface area (Å²) < 4.78 is 5.45. The molecule has 20 heavy (non-hydrogen) atoms. The maximum absolute atomic E-state index is 11.6. The van der Waals surface area contributed by atoms with Crippen LogP contribution in [0.25, 0.3) is 10.8 Å². The first-order valence-electron chi connectivity index (χ1n) is 5.99. The van der Waals surface area contributed by atoms with Gasteiger partial charge in [0.2, 0.25) is 5.91 Å². The second-order valence-corrected chi connectivity index (χ2v) is 5.22. The summed E-state index contributed by atoms with van der Waals surface area (Å²) in [4.78, 5) is 26.6. The molecule has 0 radical (unpaired) electrons. The molecule has 2 rings (SSSR count). The number of rotatable bonds is 5. The van der Waals surface area contributed by atoms with Crippen molar-refractivity contribution in [2.45, 2.75) is 26.3 Å². The monoisotopic (exact) mass is 294 g/mol. The maximum Gasteiger partial charge on any atom is 0.325 e. The van der Waals surface area contributed by atoms with Gasteiger partial charge in [-0.1, -0.05) is 0 Å². The fourth-order valence-corrected chi connectivity index (χ4v) is 2.35. The van der Waals surface area contributed by atoms with Crippen molar-refractivity contribution in [2.24, 2.45) is 0 Å². The zero-order chi connectivity index (χ0) is 14.7. The van der Waals surface area contributed by atoms with E-state index < -0.39 is 12.0 Å². The molecule has 1 amide bonds. The van der Waals surface area contributed by atoms with Gasteiger partial charge in [-0.25, -0.2) is 4.98 Å². The Morgan fingerprint density at radius 3 is 2.85 bits per heavy atom. The molecule has 0 aliphatic carbocycles. The minimum Gasteiger partial charge on any atom is -0.480 e. The van der Waals surface area contributed by atoms with Crippen molar-refractivity contribution in [1.82, 2.24) is 10.3 Å². The molecule has 0 spiro atoms. The molecule has 0 fully saturated rings. The number of aliphatic carboxylic acids is 1. The summed E-state index contributed by atoms with van der Waals surface area (Å²) in [5.41, 5.74) is 0.592. The molecule has 0 aromatic carbocycles. The summed E-state index contributed by atoms with van der Waals surface area (Å²) in [5.74, 6) is 0.0265. The number of nitrogens with one attached hydrogen (secondary N) is 1. The Morgan fingerprint density at radius 2 is 2.25 bits per heavy atom. The van der Waals surface area contributed by atoms with Gasteiger partial charge in [-0.3, -0.25) is 9.59 Å². The highest BCUT2D eigenvalue weighted by molar-refractivity contribution is 7.13. The fourth-order valence-electron chi connectivity index (χ4n) is 1.57. The van der Waals surface area contributed by atoms with Crippen molar-refractivity contribution in [3.63, 3.8) is 0 Å². The van der Waals surface area contributed by atoms with E-state index in [1.165, 1.54) is 18.3 Å². The lowest BCUT2D eigenvalue weighted by Gasteiger charge is -2.07. The summed E-state index contributed by atoms with van der Waals surface area (Å²) in [5, 5.41) is 13.6. The van der Waals surface area contributed by atoms with Crippen LogP contribution in [-0.4, -0.2) is 28.0 Å². The number of furan rings is 1. The van der Waals surface area contributed by atoms with E-state index in [4.69, 9.17) is 9.52 Å². The quantitative estimate of drug-likeness (QED) is 0.877. The third-order valence-electron chi connectivity index (χ3n) is 2.59. The number of aryl methyl sites for hydroxylation is 1. The molecule has 7 heteroatoms. The van der Waals surface area contributed by atoms with E-state index >= 15 is 0 Å². The Hall–Kier alpha value is -2.15. The number of carboxylic acid groups (broad SMARTS) is 1. The average molecular weight is 294 g/mol. The number of nitrogens with zero attached hydrogens (tertiary/aromatic N) is 1. The van der Waals surface area contributed by atoms with Crippen LogP contribution in [0, 0.1) is 6.92 Å². The van der Waals surface area contributed by atoms with Crippen molar-refractivity contribution in [2.75, 3.05) is 0 Å². The van der Waals surface area contributed by atoms with Crippen LogP contribution in [0.2, 0.25) is 0 Å². The molecule has 0 saturated carbocycles. The van der Waals surface area contributed by atoms with Gasteiger partial charge in [0.25, 0.3) is 0 Å². The lowest BCUT2D eigenvalue weighted by atomic mass is 10.3. The van der Waals surface area contributed by atoms with Crippen LogP contribution in [-0.2, 0) is 16.0 Å². The molecule has 1 atom stereocenters. The molecule has 6 nitrogen and oxygen atoms in total. The number of amides is 1. The summed E-state index contributed by atoms with van der Waals surface area (Å²) >= 11 is 1.38. The summed E-state index contributed by atoms with van der Waals surface area (Å²) in [6, 6.07) is 2.76. The van der Waals surface area contributed by atoms with Gasteiger partial charge in [0.1, 0.15) is 11.8 Å². The first kappa shape index (κ1) is 14.3. The second-order valence-electron chi connectivity index (χ2n) is 4.36. The average Bonchev–Trinajstić information content (AvgIpc) is 2.97. The topological polar surface area (TPSA) is 92.4 Å². The predicted molar refractivity (Wildman–Crippen MR) is 73.5 cm³/mol. The van der Waals surface area contributed by atoms with Gasteiger partial charge in [0.05, 0.1) is 12.1 Å². The number of hydrogen-bond donors (Lipinski definition) is 2. The van der Waals surface area contributed by atoms with E-state index in [0.29, 0.717) is 16.5 Å². The molecule has 1 unspecified atom stereocenters. The Morgan fingerprint density at radius 1 is 1.50 bits per heavy atom. The maximum atomic E-state index is 11.6. The predicted octanol–water partition coefficient (Wildman–Crippen LogP) is 1.84. The van der Waals surface area contributed by atoms with Gasteiger partial charge in [0.15, 0.2) is 10.8 Å². The second kappa shape index (κ2) is 5.87. The molecule has 0 aliphatic rings. The zero-order valence-corrected chi connectivity index (χ0v) is 11.9. The van der Waals surface area contributed by atoms with Gasteiger partial charge < -0.3 is 14.8 Å². The van der Waals surface area contributed by atoms with Crippen LogP contribution >= 0.6 is 11.3 Å². The first-order chi connectivity index (χ1) is 9.45. The largest absolute Gasteiger partial charge is 0.480 e. The van der Waals surface area contributed by atoms with Crippen LogP contribution in [0.3, 0.4) is 0 Å². The van der Waals surface area contributed by atoms with Crippen LogP contribution < -0.4 is 5.32 Å². The lowest BCUT2D eigenvalue weighted by Crippen LogP contribution is -2.39. The highest BCUT2D eigenvalue weighted by atomic mass is 32.1. The summed E-state index contributed by atoms with van der Waals surface area (Å²) in [6.45, 7) is 3.26. The van der Waals surface area contributed by atoms with Crippen molar-refractivity contribution in [3.8, 4) is 10.8 Å². The lowest BCUT2D eigenvalue weighted by molar-refractivity contribution is -0.141. The molecule has 2 aromatic heterocycles. The van der Waals surface area contributed by atoms with E-state index in [1.807, 2.05) is 19.1 Å². The Labute approximate surface area is 119 Å². The van der Waals surface area contributed by atoms with Crippen LogP contribution in [0.4, 0.5) is 0 Å². The number of carbonyl (C=O) groups excluding carboxylic acids is 1. The van der Waals surface area contributed by atoms with Gasteiger partial charge >= 0.3 is 5.97 Å². The van der Waals surface area contributed by atoms with E-state index in [9.17, 15) is 9.59 Å². The molecule has 2 aromatic rings. The first-order valence-corrected chi connectivity index (χ1v) is 6.87. The van der Waals surface area contributed by atoms with Crippen molar-refractivity contribution >= 4 is 23.2 Å². The minimum atomic E-state index is -1.07. The van der Waals surface area contributed by atoms with Crippen LogP contribution in [0.15, 0.2) is 21.9 Å². The molecule has 0 aliphatic heterocycles. The van der Waals surface area contributed by atoms with E-state index in [2.05, 4.69) is 10.3 Å². The minimum absolute atomic E-state index is 0.0494. The summed E-state index contributed by atoms with van der Waals surface area (Å²) in [6.07, 6.45) is 0.0494. The normalized spacial score (nSPS) is 12.1. The molecular formula is C13H14N2O4S. The Bertz CT molecular complexity index is 632. The smallest absolute Gasteiger partial charge is 0.325 e. The van der Waals surface area contributed by atoms with Gasteiger partial charge in [-0.15, -0.1) is 11.3 Å². The third-order valence-corrected chi connectivity index (χ3v) is 3.50. The number of carboxylic acids is 1. The molecular weight excluding hydrogens is 280 g/mol. The molecule has 106 valence electrons. The van der Waals surface area contributed by atoms with Crippen LogP contribution in [0.1, 0.15) is 18.4 Å². The van der Waals surface area contributed by atoms with E-state index in [1.54, 1.807) is 5.38 Å². The molecule has 0 bridgehead atoms. The standard InChI is InChI=1S/C13H14N2O4S/c1-7-3-4-10(19-7)12-15-9(6-20-12)5-11(16)14-8(2)13(17)18/h3-4,6,8H,5H2,1-2H3,(H,14,16)(H,17,18). The number of hydrogen-bond acceptors (Lipinski definition) is 5. The Balaban J connectivity index is 1.99. The van der Waals surface area contributed by atoms with Crippen molar-refractivity contribution in [3.05, 3.63) is 29.0 Å². The highest BCUT2D eigenvalue weighted by Gasteiger charge is 2.16. The molecule has 0 saturated heterocycles. The number of thiazole rings is 1. The SMILES string of the molecule is Cc1ccc(-c2nc(CC(=O)NC(C)C(=O)O)cs2)o1. The van der Waals surface area contributed by atoms with Gasteiger partial charge in [-0.2, -0.15) is 0 Å². The van der Waals surface area contributed by atoms with Crippen LogP contribution in [0.5, 0.6) is 0 Å². The molecule has 2 N–H and O–H groups in total. The van der Waals surface area contributed by atoms with E-state index in [0.717, 1.165) is 5.76 Å². The number of carbonyl (C=O) groups is 2. The fraction of sp³-hybridized carbons (Fsp3) is 0.308. The Kier molecular flexibility index (Phi) is 4.19. The highest BCUT2D eigenvalue weighted by Crippen LogP contribution is 2.25. The summed E-state index contributed by atoms with van der Waals surface area (Å²) in [7, 11) is 0. The van der Waals surface area contributed by atoms with Gasteiger partial charge in [0, 0.05) is 5.38 Å². The van der Waals surface area contributed by atoms with Gasteiger partial charge in [-0.05, 0) is 26.0 Å².